The predicted octanol–water partition coefficient (Wildman–Crippen LogP) is 3.43. The van der Waals surface area contributed by atoms with E-state index < -0.39 is 10.0 Å². The van der Waals surface area contributed by atoms with E-state index in [1.54, 1.807) is 31.4 Å². The molecule has 4 rings (SSSR count). The molecule has 1 aliphatic carbocycles. The van der Waals surface area contributed by atoms with Crippen molar-refractivity contribution in [2.75, 3.05) is 23.7 Å². The molecule has 1 N–H and O–H groups in total. The van der Waals surface area contributed by atoms with Crippen LogP contribution >= 0.6 is 0 Å². The Morgan fingerprint density at radius 3 is 2.62 bits per heavy atom. The van der Waals surface area contributed by atoms with Crippen LogP contribution in [0.25, 0.3) is 0 Å². The van der Waals surface area contributed by atoms with Gasteiger partial charge in [-0.1, -0.05) is 6.07 Å². The van der Waals surface area contributed by atoms with E-state index in [0.29, 0.717) is 24.2 Å². The van der Waals surface area contributed by atoms with Crippen LogP contribution in [0.2, 0.25) is 0 Å². The summed E-state index contributed by atoms with van der Waals surface area (Å²) >= 11 is 0. The van der Waals surface area contributed by atoms with Gasteiger partial charge < -0.3 is 10.1 Å². The number of benzene rings is 2. The van der Waals surface area contributed by atoms with Crippen molar-refractivity contribution in [2.24, 2.45) is 0 Å². The van der Waals surface area contributed by atoms with Gasteiger partial charge in [0.25, 0.3) is 5.91 Å². The number of hydrogen-bond donors (Lipinski definition) is 1. The maximum Gasteiger partial charge on any atom is 0.251 e. The second kappa shape index (κ2) is 8.06. The lowest BCUT2D eigenvalue weighted by Crippen LogP contribution is -2.37. The topological polar surface area (TPSA) is 75.7 Å². The van der Waals surface area contributed by atoms with Crippen LogP contribution in [-0.4, -0.2) is 33.7 Å². The molecule has 2 aromatic carbocycles. The van der Waals surface area contributed by atoms with Crippen molar-refractivity contribution in [2.45, 2.75) is 38.1 Å². The molecule has 2 aromatic rings. The molecule has 0 bridgehead atoms. The van der Waals surface area contributed by atoms with E-state index in [1.165, 1.54) is 9.87 Å². The molecule has 1 fully saturated rings. The van der Waals surface area contributed by atoms with Gasteiger partial charge in [0.05, 0.1) is 24.6 Å². The highest BCUT2D eigenvalue weighted by Gasteiger charge is 2.26. The van der Waals surface area contributed by atoms with Crippen LogP contribution in [-0.2, 0) is 16.4 Å². The van der Waals surface area contributed by atoms with E-state index in [0.717, 1.165) is 37.0 Å². The van der Waals surface area contributed by atoms with Crippen molar-refractivity contribution in [3.05, 3.63) is 59.2 Å². The Balaban J connectivity index is 1.49. The summed E-state index contributed by atoms with van der Waals surface area (Å²) in [6.07, 6.45) is 4.45. The van der Waals surface area contributed by atoms with E-state index in [-0.39, 0.29) is 17.7 Å². The molecule has 0 spiro atoms. The van der Waals surface area contributed by atoms with Crippen LogP contribution in [0, 0.1) is 0 Å². The first-order valence-corrected chi connectivity index (χ1v) is 11.7. The van der Waals surface area contributed by atoms with E-state index in [2.05, 4.69) is 5.32 Å². The van der Waals surface area contributed by atoms with Gasteiger partial charge in [0, 0.05) is 12.1 Å². The van der Waals surface area contributed by atoms with E-state index in [1.807, 2.05) is 18.2 Å². The number of methoxy groups -OCH3 is 1. The van der Waals surface area contributed by atoms with Gasteiger partial charge in [0.1, 0.15) is 5.75 Å². The summed E-state index contributed by atoms with van der Waals surface area (Å²) in [6.45, 7) is 0.496. The molecule has 0 unspecified atom stereocenters. The standard InChI is InChI=1S/C22H26N2O4S/c1-28-19-11-12-20-17(15-19)5-4-6-21(20)23-22(25)16-7-9-18(10-8-16)24-13-2-3-14-29(24,26)27/h7-12,15,21H,2-6,13-14H2,1H3,(H,23,25)/t21-/m0/s1. The highest BCUT2D eigenvalue weighted by molar-refractivity contribution is 7.92. The SMILES string of the molecule is COc1ccc2c(c1)CCC[C@@H]2NC(=O)c1ccc(N2CCCCS2(=O)=O)cc1. The number of rotatable bonds is 4. The molecular formula is C22H26N2O4S. The number of sulfonamides is 1. The van der Waals surface area contributed by atoms with Gasteiger partial charge in [-0.05, 0) is 79.6 Å². The van der Waals surface area contributed by atoms with Gasteiger partial charge in [-0.15, -0.1) is 0 Å². The van der Waals surface area contributed by atoms with E-state index in [4.69, 9.17) is 4.74 Å². The first-order chi connectivity index (χ1) is 14.0. The van der Waals surface area contributed by atoms with Crippen molar-refractivity contribution >= 4 is 21.6 Å². The summed E-state index contributed by atoms with van der Waals surface area (Å²) in [7, 11) is -1.59. The molecule has 1 heterocycles. The minimum absolute atomic E-state index is 0.0284. The number of carbonyl (C=O) groups excluding carboxylic acids is 1. The fourth-order valence-corrected chi connectivity index (χ4v) is 5.81. The van der Waals surface area contributed by atoms with Crippen molar-refractivity contribution in [3.63, 3.8) is 0 Å². The number of carbonyl (C=O) groups is 1. The minimum Gasteiger partial charge on any atom is -0.497 e. The Hall–Kier alpha value is -2.54. The van der Waals surface area contributed by atoms with Gasteiger partial charge in [-0.3, -0.25) is 9.10 Å². The van der Waals surface area contributed by atoms with Crippen LogP contribution in [0.5, 0.6) is 5.75 Å². The summed E-state index contributed by atoms with van der Waals surface area (Å²) in [5.74, 6) is 0.867. The average Bonchev–Trinajstić information content (AvgIpc) is 2.73. The lowest BCUT2D eigenvalue weighted by molar-refractivity contribution is 0.0933. The molecule has 1 saturated heterocycles. The Labute approximate surface area is 171 Å². The van der Waals surface area contributed by atoms with Gasteiger partial charge >= 0.3 is 0 Å². The fourth-order valence-electron chi connectivity index (χ4n) is 4.17. The zero-order chi connectivity index (χ0) is 20.4. The summed E-state index contributed by atoms with van der Waals surface area (Å²) < 4.78 is 31.3. The van der Waals surface area contributed by atoms with Crippen molar-refractivity contribution < 1.29 is 17.9 Å². The third-order valence-electron chi connectivity index (χ3n) is 5.74. The lowest BCUT2D eigenvalue weighted by atomic mass is 9.87. The smallest absolute Gasteiger partial charge is 0.251 e. The molecular weight excluding hydrogens is 388 g/mol. The Morgan fingerprint density at radius 2 is 1.90 bits per heavy atom. The molecule has 1 atom stereocenters. The number of ether oxygens (including phenoxy) is 1. The number of nitrogens with one attached hydrogen (secondary N) is 1. The second-order valence-electron chi connectivity index (χ2n) is 7.63. The van der Waals surface area contributed by atoms with E-state index in [9.17, 15) is 13.2 Å². The zero-order valence-electron chi connectivity index (χ0n) is 16.6. The van der Waals surface area contributed by atoms with Gasteiger partial charge in [-0.2, -0.15) is 0 Å². The number of fused-ring (bicyclic) bond motifs is 1. The largest absolute Gasteiger partial charge is 0.497 e. The number of aryl methyl sites for hydroxylation is 1. The number of anilines is 1. The molecule has 6 nitrogen and oxygen atoms in total. The van der Waals surface area contributed by atoms with Crippen molar-refractivity contribution in [1.82, 2.24) is 5.32 Å². The third kappa shape index (κ3) is 4.10. The van der Waals surface area contributed by atoms with Gasteiger partial charge in [0.2, 0.25) is 10.0 Å². The molecule has 154 valence electrons. The van der Waals surface area contributed by atoms with Crippen molar-refractivity contribution in [3.8, 4) is 5.75 Å². The molecule has 29 heavy (non-hydrogen) atoms. The fraction of sp³-hybridized carbons (Fsp3) is 0.409. The Morgan fingerprint density at radius 1 is 1.10 bits per heavy atom. The molecule has 1 aliphatic heterocycles. The maximum absolute atomic E-state index is 12.8. The monoisotopic (exact) mass is 414 g/mol. The molecule has 0 aromatic heterocycles. The van der Waals surface area contributed by atoms with Crippen LogP contribution in [0.3, 0.4) is 0 Å². The number of amides is 1. The number of hydrogen-bond acceptors (Lipinski definition) is 4. The lowest BCUT2D eigenvalue weighted by Gasteiger charge is -2.28. The van der Waals surface area contributed by atoms with Crippen LogP contribution < -0.4 is 14.4 Å². The first kappa shape index (κ1) is 19.8. The molecule has 0 radical (unpaired) electrons. The number of nitrogens with zero attached hydrogens (tertiary/aromatic N) is 1. The molecule has 0 saturated carbocycles. The summed E-state index contributed by atoms with van der Waals surface area (Å²) in [4.78, 5) is 12.8. The normalized spacial score (nSPS) is 20.6. The summed E-state index contributed by atoms with van der Waals surface area (Å²) in [5.41, 5.74) is 3.51. The van der Waals surface area contributed by atoms with Crippen LogP contribution in [0.4, 0.5) is 5.69 Å². The van der Waals surface area contributed by atoms with Crippen molar-refractivity contribution in [1.29, 1.82) is 0 Å². The quantitative estimate of drug-likeness (QED) is 0.832. The zero-order valence-corrected chi connectivity index (χ0v) is 17.4. The second-order valence-corrected chi connectivity index (χ2v) is 9.64. The van der Waals surface area contributed by atoms with Crippen LogP contribution in [0.15, 0.2) is 42.5 Å². The van der Waals surface area contributed by atoms with E-state index >= 15 is 0 Å². The maximum atomic E-state index is 12.8. The first-order valence-electron chi connectivity index (χ1n) is 10.1. The summed E-state index contributed by atoms with van der Waals surface area (Å²) in [5, 5.41) is 3.13. The third-order valence-corrected chi connectivity index (χ3v) is 7.61. The minimum atomic E-state index is -3.25. The van der Waals surface area contributed by atoms with Gasteiger partial charge in [0.15, 0.2) is 0 Å². The predicted molar refractivity (Wildman–Crippen MR) is 113 cm³/mol. The Bertz CT molecular complexity index is 1000. The Kier molecular flexibility index (Phi) is 5.50. The summed E-state index contributed by atoms with van der Waals surface area (Å²) in [6, 6.07) is 12.8. The molecule has 2 aliphatic rings. The molecule has 7 heteroatoms. The highest BCUT2D eigenvalue weighted by atomic mass is 32.2. The molecule has 1 amide bonds. The highest BCUT2D eigenvalue weighted by Crippen LogP contribution is 2.32. The van der Waals surface area contributed by atoms with Gasteiger partial charge in [-0.25, -0.2) is 8.42 Å². The average molecular weight is 415 g/mol. The van der Waals surface area contributed by atoms with Crippen LogP contribution in [0.1, 0.15) is 53.2 Å².